The summed E-state index contributed by atoms with van der Waals surface area (Å²) in [5.41, 5.74) is -4.44. The molecule has 6 rings (SSSR count). The van der Waals surface area contributed by atoms with Gasteiger partial charge in [0.15, 0.2) is 5.69 Å². The summed E-state index contributed by atoms with van der Waals surface area (Å²) in [5, 5.41) is 16.0. The highest BCUT2D eigenvalue weighted by molar-refractivity contribution is 5.95. The molecule has 3 aromatic rings. The zero-order chi connectivity index (χ0) is 28.1. The van der Waals surface area contributed by atoms with Crippen molar-refractivity contribution in [2.75, 3.05) is 0 Å². The average molecular weight is 540 g/mol. The first-order valence-corrected chi connectivity index (χ1v) is 12.5. The summed E-state index contributed by atoms with van der Waals surface area (Å²) >= 11 is 0. The lowest BCUT2D eigenvalue weighted by molar-refractivity contribution is 0.0561. The molecular formula is C27H27F2N5O5. The number of nitrogens with zero attached hydrogens (tertiary/aromatic N) is 3. The molecule has 0 atom stereocenters. The van der Waals surface area contributed by atoms with Crippen LogP contribution in [-0.2, 0) is 25.7 Å². The highest BCUT2D eigenvalue weighted by Gasteiger charge is 2.52. The average Bonchev–Trinajstić information content (AvgIpc) is 3.10. The van der Waals surface area contributed by atoms with E-state index in [4.69, 9.17) is 0 Å². The Morgan fingerprint density at radius 1 is 1.10 bits per heavy atom. The molecule has 204 valence electrons. The van der Waals surface area contributed by atoms with Gasteiger partial charge >= 0.3 is 0 Å². The third-order valence-electron chi connectivity index (χ3n) is 7.63. The summed E-state index contributed by atoms with van der Waals surface area (Å²) in [6.07, 6.45) is 1.62. The fourth-order valence-corrected chi connectivity index (χ4v) is 5.32. The molecule has 3 N–H and O–H groups in total. The van der Waals surface area contributed by atoms with Crippen LogP contribution in [0.2, 0.25) is 0 Å². The van der Waals surface area contributed by atoms with E-state index in [0.717, 1.165) is 4.57 Å². The molecule has 39 heavy (non-hydrogen) atoms. The van der Waals surface area contributed by atoms with Gasteiger partial charge in [-0.25, -0.2) is 13.8 Å². The molecule has 12 heteroatoms. The fourth-order valence-electron chi connectivity index (χ4n) is 5.32. The van der Waals surface area contributed by atoms with Crippen LogP contribution in [0.1, 0.15) is 63.5 Å². The molecule has 2 amide bonds. The van der Waals surface area contributed by atoms with E-state index in [1.807, 2.05) is 0 Å². The number of hydrogen-bond acceptors (Lipinski definition) is 6. The first-order chi connectivity index (χ1) is 18.4. The molecule has 0 saturated heterocycles. The summed E-state index contributed by atoms with van der Waals surface area (Å²) < 4.78 is 31.4. The van der Waals surface area contributed by atoms with Crippen molar-refractivity contribution in [1.29, 1.82) is 0 Å². The number of nitrogens with one attached hydrogen (secondary N) is 2. The second-order valence-electron chi connectivity index (χ2n) is 10.3. The van der Waals surface area contributed by atoms with Crippen molar-refractivity contribution in [1.82, 2.24) is 24.8 Å². The van der Waals surface area contributed by atoms with Crippen molar-refractivity contribution in [3.05, 3.63) is 91.3 Å². The van der Waals surface area contributed by atoms with Crippen LogP contribution in [0.5, 0.6) is 5.75 Å². The number of halogens is 2. The van der Waals surface area contributed by atoms with E-state index in [1.165, 1.54) is 42.1 Å². The molecule has 1 aliphatic carbocycles. The lowest BCUT2D eigenvalue weighted by atomic mass is 9.76. The Morgan fingerprint density at radius 3 is 2.51 bits per heavy atom. The van der Waals surface area contributed by atoms with Crippen molar-refractivity contribution in [2.45, 2.75) is 56.9 Å². The van der Waals surface area contributed by atoms with Crippen molar-refractivity contribution in [2.24, 2.45) is 7.05 Å². The van der Waals surface area contributed by atoms with Crippen LogP contribution in [0.15, 0.2) is 46.1 Å². The van der Waals surface area contributed by atoms with E-state index in [2.05, 4.69) is 15.6 Å². The van der Waals surface area contributed by atoms with E-state index in [0.29, 0.717) is 11.1 Å². The number of pyridine rings is 1. The SMILES string of the molecule is Cc1cc(CNC(=O)c2nc3n(c(=O)c2O)CC2(F)CCC3(NC(=O)c3cccn(C)c3=O)CC2)ccc1F. The smallest absolute Gasteiger partial charge is 0.296 e. The summed E-state index contributed by atoms with van der Waals surface area (Å²) in [5.74, 6) is -3.01. The number of carbonyl (C=O) groups excluding carboxylic acids is 2. The van der Waals surface area contributed by atoms with E-state index >= 15 is 4.39 Å². The van der Waals surface area contributed by atoms with Gasteiger partial charge in [0.25, 0.3) is 22.9 Å². The molecule has 2 aliphatic heterocycles. The van der Waals surface area contributed by atoms with Gasteiger partial charge < -0.3 is 20.3 Å². The van der Waals surface area contributed by atoms with Crippen molar-refractivity contribution in [3.8, 4) is 5.75 Å². The second-order valence-corrected chi connectivity index (χ2v) is 10.3. The summed E-state index contributed by atoms with van der Waals surface area (Å²) in [4.78, 5) is 56.4. The lowest BCUT2D eigenvalue weighted by Gasteiger charge is -2.38. The Hall–Kier alpha value is -4.35. The maximum atomic E-state index is 15.6. The topological polar surface area (TPSA) is 135 Å². The normalized spacial score (nSPS) is 21.6. The molecule has 3 aliphatic rings. The molecule has 0 unspecified atom stereocenters. The molecule has 4 heterocycles. The number of aromatic nitrogens is 3. The minimum Gasteiger partial charge on any atom is -0.501 e. The maximum Gasteiger partial charge on any atom is 0.296 e. The quantitative estimate of drug-likeness (QED) is 0.454. The molecule has 10 nitrogen and oxygen atoms in total. The Labute approximate surface area is 221 Å². The van der Waals surface area contributed by atoms with Gasteiger partial charge in [0, 0.05) is 19.8 Å². The van der Waals surface area contributed by atoms with Gasteiger partial charge in [-0.15, -0.1) is 0 Å². The fraction of sp³-hybridized carbons (Fsp3) is 0.370. The summed E-state index contributed by atoms with van der Waals surface area (Å²) in [6, 6.07) is 7.19. The highest BCUT2D eigenvalue weighted by atomic mass is 19.1. The third kappa shape index (κ3) is 4.59. The molecule has 1 fully saturated rings. The van der Waals surface area contributed by atoms with Gasteiger partial charge in [0.1, 0.15) is 22.9 Å². The lowest BCUT2D eigenvalue weighted by Crippen LogP contribution is -2.51. The number of carbonyl (C=O) groups is 2. The number of aromatic hydroxyl groups is 1. The van der Waals surface area contributed by atoms with Crippen molar-refractivity contribution < 1.29 is 23.5 Å². The molecule has 2 aromatic heterocycles. The number of alkyl halides is 1. The first-order valence-electron chi connectivity index (χ1n) is 12.5. The minimum absolute atomic E-state index is 0.00487. The number of fused-ring (bicyclic) bond motifs is 2. The van der Waals surface area contributed by atoms with E-state index in [-0.39, 0.29) is 43.6 Å². The van der Waals surface area contributed by atoms with Gasteiger partial charge in [-0.1, -0.05) is 12.1 Å². The standard InChI is InChI=1S/C27H27F2N5O5/c1-15-12-16(5-6-18(15)28)13-30-22(37)19-20(35)24(39)34-14-26(29)7-9-27(10-8-26,25(34)31-19)32-21(36)17-4-3-11-33(2)23(17)38/h3-6,11-12,35H,7-10,13-14H2,1-2H3,(H,30,37)(H,32,36). The van der Waals surface area contributed by atoms with E-state index < -0.39 is 57.9 Å². The summed E-state index contributed by atoms with van der Waals surface area (Å²) in [6.45, 7) is 1.14. The molecule has 0 spiro atoms. The van der Waals surface area contributed by atoms with Gasteiger partial charge in [0.2, 0.25) is 5.75 Å². The number of hydrogen-bond donors (Lipinski definition) is 3. The maximum absolute atomic E-state index is 15.6. The molecular weight excluding hydrogens is 512 g/mol. The molecule has 1 saturated carbocycles. The first kappa shape index (κ1) is 26.3. The van der Waals surface area contributed by atoms with E-state index in [9.17, 15) is 28.7 Å². The van der Waals surface area contributed by atoms with Crippen molar-refractivity contribution >= 4 is 11.8 Å². The van der Waals surface area contributed by atoms with Crippen LogP contribution in [0.25, 0.3) is 0 Å². The predicted octanol–water partition coefficient (Wildman–Crippen LogP) is 1.95. The van der Waals surface area contributed by atoms with Gasteiger partial charge in [0.05, 0.1) is 12.1 Å². The molecule has 2 bridgehead atoms. The van der Waals surface area contributed by atoms with Crippen molar-refractivity contribution in [3.63, 3.8) is 0 Å². The van der Waals surface area contributed by atoms with Crippen LogP contribution < -0.4 is 21.8 Å². The molecule has 1 aromatic carbocycles. The predicted molar refractivity (Wildman–Crippen MR) is 136 cm³/mol. The third-order valence-corrected chi connectivity index (χ3v) is 7.63. The number of amides is 2. The van der Waals surface area contributed by atoms with Gasteiger partial charge in [-0.3, -0.25) is 23.7 Å². The second kappa shape index (κ2) is 9.44. The van der Waals surface area contributed by atoms with Crippen LogP contribution >= 0.6 is 0 Å². The summed E-state index contributed by atoms with van der Waals surface area (Å²) in [7, 11) is 1.50. The number of benzene rings is 1. The van der Waals surface area contributed by atoms with Crippen LogP contribution in [0.3, 0.4) is 0 Å². The zero-order valence-corrected chi connectivity index (χ0v) is 21.4. The zero-order valence-electron chi connectivity index (χ0n) is 21.4. The monoisotopic (exact) mass is 539 g/mol. The van der Waals surface area contributed by atoms with E-state index in [1.54, 1.807) is 13.0 Å². The largest absolute Gasteiger partial charge is 0.501 e. The Kier molecular flexibility index (Phi) is 6.36. The Balaban J connectivity index is 1.54. The number of aryl methyl sites for hydroxylation is 2. The number of rotatable bonds is 5. The van der Waals surface area contributed by atoms with Crippen LogP contribution in [0.4, 0.5) is 8.78 Å². The van der Waals surface area contributed by atoms with Crippen LogP contribution in [0, 0.1) is 12.7 Å². The van der Waals surface area contributed by atoms with Gasteiger partial charge in [-0.05, 0) is 61.9 Å². The molecule has 0 radical (unpaired) electrons. The minimum atomic E-state index is -1.77. The highest BCUT2D eigenvalue weighted by Crippen LogP contribution is 2.46. The van der Waals surface area contributed by atoms with Gasteiger partial charge in [-0.2, -0.15) is 0 Å². The van der Waals surface area contributed by atoms with Crippen LogP contribution in [-0.4, -0.2) is 36.7 Å². The Bertz CT molecular complexity index is 1620. The Morgan fingerprint density at radius 2 is 1.82 bits per heavy atom.